The molecule has 0 radical (unpaired) electrons. The lowest BCUT2D eigenvalue weighted by atomic mass is 9.93. The molecular weight excluding hydrogens is 821 g/mol. The zero-order valence-corrected chi connectivity index (χ0v) is 42.2. The van der Waals surface area contributed by atoms with E-state index in [1.807, 2.05) is 6.07 Å². The number of fused-ring (bicyclic) bond motifs is 6. The molecule has 0 aliphatic carbocycles. The fourth-order valence-corrected chi connectivity index (χ4v) is 8.59. The normalized spacial score (nSPS) is 11.3. The first-order valence-electron chi connectivity index (χ1n) is 26.8. The minimum Gasteiger partial charge on any atom is -0.490 e. The van der Waals surface area contributed by atoms with Gasteiger partial charge in [-0.2, -0.15) is 0 Å². The van der Waals surface area contributed by atoms with Crippen molar-refractivity contribution in [3.05, 3.63) is 36.4 Å². The summed E-state index contributed by atoms with van der Waals surface area (Å²) < 4.78 is 39.5. The van der Waals surface area contributed by atoms with Crippen LogP contribution in [-0.2, 0) is 4.79 Å². The van der Waals surface area contributed by atoms with Crippen LogP contribution in [0.3, 0.4) is 0 Å². The average Bonchev–Trinajstić information content (AvgIpc) is 3.32. The molecule has 7 heteroatoms. The van der Waals surface area contributed by atoms with Gasteiger partial charge in [0.05, 0.1) is 33.0 Å². The van der Waals surface area contributed by atoms with Crippen molar-refractivity contribution in [3.8, 4) is 46.8 Å². The van der Waals surface area contributed by atoms with Crippen molar-refractivity contribution in [1.29, 1.82) is 0 Å². The minimum atomic E-state index is -0.239. The molecule has 0 saturated heterocycles. The highest BCUT2D eigenvalue weighted by molar-refractivity contribution is 6.27. The van der Waals surface area contributed by atoms with Crippen molar-refractivity contribution in [3.63, 3.8) is 0 Å². The lowest BCUT2D eigenvalue weighted by Gasteiger charge is -2.20. The van der Waals surface area contributed by atoms with Crippen LogP contribution in [0.1, 0.15) is 214 Å². The smallest absolute Gasteiger partial charge is 0.311 e. The number of terminal acetylenes is 1. The first-order valence-corrected chi connectivity index (χ1v) is 26.8. The number of esters is 1. The molecule has 0 aliphatic heterocycles. The van der Waals surface area contributed by atoms with Crippen molar-refractivity contribution < 1.29 is 33.2 Å². The summed E-state index contributed by atoms with van der Waals surface area (Å²) in [7, 11) is 0. The highest BCUT2D eigenvalue weighted by Crippen LogP contribution is 2.47. The molecule has 0 aromatic heterocycles. The lowest BCUT2D eigenvalue weighted by Crippen LogP contribution is -2.09. The maximum Gasteiger partial charge on any atom is 0.311 e. The van der Waals surface area contributed by atoms with E-state index in [0.717, 1.165) is 177 Å². The number of unbranched alkanes of at least 4 members (excludes halogenated alkanes) is 21. The minimum absolute atomic E-state index is 0.239. The van der Waals surface area contributed by atoms with Gasteiger partial charge in [-0.25, -0.2) is 0 Å². The largest absolute Gasteiger partial charge is 0.490 e. The van der Waals surface area contributed by atoms with Gasteiger partial charge in [-0.15, -0.1) is 12.3 Å². The summed E-state index contributed by atoms with van der Waals surface area (Å²) in [6, 6.07) is 12.8. The number of hydrogen-bond acceptors (Lipinski definition) is 7. The molecule has 4 rings (SSSR count). The monoisotopic (exact) mass is 909 g/mol. The zero-order chi connectivity index (χ0) is 47.0. The van der Waals surface area contributed by atoms with Gasteiger partial charge in [-0.05, 0) is 114 Å². The van der Waals surface area contributed by atoms with Crippen molar-refractivity contribution in [2.75, 3.05) is 33.0 Å². The van der Waals surface area contributed by atoms with E-state index in [-0.39, 0.29) is 5.97 Å². The number of carbonyl (C=O) groups excluding carboxylic acids is 1. The molecule has 4 aromatic carbocycles. The van der Waals surface area contributed by atoms with Crippen molar-refractivity contribution in [1.82, 2.24) is 0 Å². The van der Waals surface area contributed by atoms with Gasteiger partial charge in [-0.1, -0.05) is 157 Å². The fourth-order valence-electron chi connectivity index (χ4n) is 8.59. The van der Waals surface area contributed by atoms with Crippen LogP contribution in [0.4, 0.5) is 0 Å². The maximum absolute atomic E-state index is 13.6. The molecule has 0 fully saturated rings. The Hall–Kier alpha value is -4.31. The van der Waals surface area contributed by atoms with Gasteiger partial charge in [0, 0.05) is 12.8 Å². The molecule has 0 atom stereocenters. The summed E-state index contributed by atoms with van der Waals surface area (Å²) in [5, 5.41) is 6.05. The number of rotatable bonds is 39. The molecule has 0 aliphatic rings. The number of hydrogen-bond donors (Lipinski definition) is 0. The molecule has 0 N–H and O–H groups in total. The SMILES string of the molecule is C#CCCCCCCCCC(=O)Oc1cc2c3cc(OCCCCCC)c(OCCCCCC)cc3c3cc(OCCCCCC)c(OCCCCCC)cc3c2cc1OCCCCCC. The lowest BCUT2D eigenvalue weighted by molar-refractivity contribution is -0.134. The van der Waals surface area contributed by atoms with E-state index in [9.17, 15) is 4.79 Å². The third-order valence-corrected chi connectivity index (χ3v) is 12.6. The second-order valence-corrected chi connectivity index (χ2v) is 18.4. The first kappa shape index (κ1) is 54.3. The second-order valence-electron chi connectivity index (χ2n) is 18.4. The zero-order valence-electron chi connectivity index (χ0n) is 42.2. The predicted octanol–water partition coefficient (Wildman–Crippen LogP) is 17.6. The van der Waals surface area contributed by atoms with Gasteiger partial charge in [0.15, 0.2) is 34.5 Å². The van der Waals surface area contributed by atoms with Crippen LogP contribution in [0.25, 0.3) is 32.3 Å². The molecule has 0 unspecified atom stereocenters. The molecule has 0 heterocycles. The molecule has 366 valence electrons. The van der Waals surface area contributed by atoms with Crippen molar-refractivity contribution in [2.45, 2.75) is 214 Å². The van der Waals surface area contributed by atoms with Crippen LogP contribution >= 0.6 is 0 Å². The van der Waals surface area contributed by atoms with Gasteiger partial charge in [0.2, 0.25) is 0 Å². The Morgan fingerprint density at radius 2 is 0.621 bits per heavy atom. The Balaban J connectivity index is 1.91. The van der Waals surface area contributed by atoms with Crippen LogP contribution in [-0.4, -0.2) is 39.0 Å². The second kappa shape index (κ2) is 33.2. The van der Waals surface area contributed by atoms with Crippen molar-refractivity contribution >= 4 is 38.3 Å². The van der Waals surface area contributed by atoms with E-state index < -0.39 is 0 Å². The highest BCUT2D eigenvalue weighted by atomic mass is 16.6. The predicted molar refractivity (Wildman–Crippen MR) is 279 cm³/mol. The fraction of sp³-hybridized carbons (Fsp3) is 0.644. The van der Waals surface area contributed by atoms with Crippen LogP contribution < -0.4 is 28.4 Å². The molecule has 7 nitrogen and oxygen atoms in total. The third-order valence-electron chi connectivity index (χ3n) is 12.6. The summed E-state index contributed by atoms with van der Waals surface area (Å²) in [5.41, 5.74) is 0. The van der Waals surface area contributed by atoms with Gasteiger partial charge in [-0.3, -0.25) is 4.79 Å². The van der Waals surface area contributed by atoms with E-state index in [1.165, 1.54) is 51.4 Å². The van der Waals surface area contributed by atoms with Crippen LogP contribution in [0.5, 0.6) is 34.5 Å². The van der Waals surface area contributed by atoms with Gasteiger partial charge in [0.25, 0.3) is 0 Å². The summed E-state index contributed by atoms with van der Waals surface area (Å²) >= 11 is 0. The molecule has 0 amide bonds. The molecular formula is C59H88O7. The molecule has 0 bridgehead atoms. The molecule has 66 heavy (non-hydrogen) atoms. The number of carbonyl (C=O) groups is 1. The Morgan fingerprint density at radius 1 is 0.364 bits per heavy atom. The third kappa shape index (κ3) is 18.8. The van der Waals surface area contributed by atoms with E-state index in [0.29, 0.717) is 51.0 Å². The Labute approximate surface area is 400 Å². The average molecular weight is 909 g/mol. The van der Waals surface area contributed by atoms with Gasteiger partial charge in [0.1, 0.15) is 0 Å². The summed E-state index contributed by atoms with van der Waals surface area (Å²) in [4.78, 5) is 13.6. The first-order chi connectivity index (χ1) is 32.5. The Kier molecular flexibility index (Phi) is 27.3. The van der Waals surface area contributed by atoms with Crippen LogP contribution in [0.15, 0.2) is 36.4 Å². The number of ether oxygens (including phenoxy) is 6. The number of benzene rings is 4. The van der Waals surface area contributed by atoms with E-state index in [1.54, 1.807) is 0 Å². The molecule has 0 spiro atoms. The van der Waals surface area contributed by atoms with Crippen LogP contribution in [0, 0.1) is 12.3 Å². The quantitative estimate of drug-likeness (QED) is 0.0145. The van der Waals surface area contributed by atoms with E-state index in [2.05, 4.69) is 70.9 Å². The summed E-state index contributed by atoms with van der Waals surface area (Å²) in [6.07, 6.45) is 35.0. The van der Waals surface area contributed by atoms with Crippen molar-refractivity contribution in [2.24, 2.45) is 0 Å². The molecule has 0 saturated carbocycles. The Bertz CT molecular complexity index is 1960. The Morgan fingerprint density at radius 3 is 0.924 bits per heavy atom. The van der Waals surface area contributed by atoms with Gasteiger partial charge < -0.3 is 28.4 Å². The van der Waals surface area contributed by atoms with E-state index in [4.69, 9.17) is 34.8 Å². The standard InChI is InChI=1S/C59H88O7/c1-7-13-19-25-26-27-28-29-35-59(60)66-58-46-52-50-44-56(64-39-33-23-17-11-5)54(62-37-31-21-15-9-3)42-48(50)47-41-53(61-36-30-20-14-8-2)55(63-38-32-22-16-10-4)43-49(47)51(52)45-57(58)65-40-34-24-18-12-6/h1,41-46H,8-40H2,2-6H3. The summed E-state index contributed by atoms with van der Waals surface area (Å²) in [5.74, 6) is 6.54. The summed E-state index contributed by atoms with van der Waals surface area (Å²) in [6.45, 7) is 14.2. The topological polar surface area (TPSA) is 72.5 Å². The maximum atomic E-state index is 13.6. The molecule has 4 aromatic rings. The van der Waals surface area contributed by atoms with Crippen LogP contribution in [0.2, 0.25) is 0 Å². The van der Waals surface area contributed by atoms with Gasteiger partial charge >= 0.3 is 5.97 Å². The highest BCUT2D eigenvalue weighted by Gasteiger charge is 2.21. The van der Waals surface area contributed by atoms with E-state index >= 15 is 0 Å².